The molecule has 3 rings (SSSR count). The fourth-order valence-corrected chi connectivity index (χ4v) is 2.66. The molecule has 18 heavy (non-hydrogen) atoms. The van der Waals surface area contributed by atoms with E-state index in [1.165, 1.54) is 0 Å². The molecule has 0 aliphatic carbocycles. The molecule has 1 aliphatic rings. The Morgan fingerprint density at radius 3 is 2.78 bits per heavy atom. The number of hydrogen-bond donors (Lipinski definition) is 1. The number of aromatic hydroxyl groups is 1. The number of rotatable bonds is 3. The molecule has 0 fully saturated rings. The molecule has 4 heteroatoms. The van der Waals surface area contributed by atoms with Crippen molar-refractivity contribution in [1.82, 2.24) is 0 Å². The first kappa shape index (κ1) is 11.3. The van der Waals surface area contributed by atoms with Gasteiger partial charge in [0.15, 0.2) is 11.5 Å². The summed E-state index contributed by atoms with van der Waals surface area (Å²) in [7, 11) is 0. The fourth-order valence-electron chi connectivity index (χ4n) is 1.77. The van der Waals surface area contributed by atoms with Gasteiger partial charge in [0.2, 0.25) is 6.79 Å². The molecule has 0 atom stereocenters. The van der Waals surface area contributed by atoms with Crippen LogP contribution in [-0.4, -0.2) is 11.9 Å². The molecule has 1 aliphatic heterocycles. The van der Waals surface area contributed by atoms with Crippen LogP contribution < -0.4 is 9.47 Å². The topological polar surface area (TPSA) is 38.7 Å². The van der Waals surface area contributed by atoms with Gasteiger partial charge in [-0.1, -0.05) is 18.2 Å². The lowest BCUT2D eigenvalue weighted by molar-refractivity contribution is 0.174. The largest absolute Gasteiger partial charge is 0.507 e. The van der Waals surface area contributed by atoms with E-state index in [0.29, 0.717) is 12.5 Å². The molecule has 1 N–H and O–H groups in total. The summed E-state index contributed by atoms with van der Waals surface area (Å²) in [4.78, 5) is 0.884. The maximum Gasteiger partial charge on any atom is 0.231 e. The van der Waals surface area contributed by atoms with Crippen molar-refractivity contribution in [1.29, 1.82) is 0 Å². The Bertz CT molecular complexity index is 569. The Labute approximate surface area is 109 Å². The van der Waals surface area contributed by atoms with Crippen LogP contribution >= 0.6 is 11.8 Å². The van der Waals surface area contributed by atoms with Gasteiger partial charge in [0, 0.05) is 10.6 Å². The zero-order valence-corrected chi connectivity index (χ0v) is 10.4. The SMILES string of the molecule is Oc1ccccc1SCc1ccc2c(c1)OCO2. The van der Waals surface area contributed by atoms with E-state index in [-0.39, 0.29) is 0 Å². The van der Waals surface area contributed by atoms with Gasteiger partial charge in [-0.25, -0.2) is 0 Å². The first-order valence-electron chi connectivity index (χ1n) is 5.62. The molecule has 0 saturated carbocycles. The fraction of sp³-hybridized carbons (Fsp3) is 0.143. The number of ether oxygens (including phenoxy) is 2. The van der Waals surface area contributed by atoms with Crippen molar-refractivity contribution < 1.29 is 14.6 Å². The summed E-state index contributed by atoms with van der Waals surface area (Å²) in [5, 5.41) is 9.68. The van der Waals surface area contributed by atoms with Crippen LogP contribution in [0.5, 0.6) is 17.2 Å². The van der Waals surface area contributed by atoms with E-state index in [2.05, 4.69) is 0 Å². The number of phenols is 1. The van der Waals surface area contributed by atoms with Crippen molar-refractivity contribution in [2.24, 2.45) is 0 Å². The quantitative estimate of drug-likeness (QED) is 0.858. The molecular formula is C14H12O3S. The zero-order chi connectivity index (χ0) is 12.4. The molecular weight excluding hydrogens is 248 g/mol. The number of fused-ring (bicyclic) bond motifs is 1. The van der Waals surface area contributed by atoms with Gasteiger partial charge in [-0.05, 0) is 29.8 Å². The summed E-state index contributed by atoms with van der Waals surface area (Å²) in [5.41, 5.74) is 1.15. The lowest BCUT2D eigenvalue weighted by atomic mass is 10.2. The Morgan fingerprint density at radius 1 is 1.06 bits per heavy atom. The smallest absolute Gasteiger partial charge is 0.231 e. The predicted octanol–water partition coefficient (Wildman–Crippen LogP) is 3.41. The van der Waals surface area contributed by atoms with Crippen molar-refractivity contribution in [2.75, 3.05) is 6.79 Å². The second kappa shape index (κ2) is 4.82. The van der Waals surface area contributed by atoms with Crippen molar-refractivity contribution in [3.63, 3.8) is 0 Å². The van der Waals surface area contributed by atoms with Crippen molar-refractivity contribution in [2.45, 2.75) is 10.6 Å². The van der Waals surface area contributed by atoms with E-state index < -0.39 is 0 Å². The number of benzene rings is 2. The van der Waals surface area contributed by atoms with Crippen molar-refractivity contribution in [3.05, 3.63) is 48.0 Å². The standard InChI is InChI=1S/C14H12O3S/c15-11-3-1-2-4-14(11)18-8-10-5-6-12-13(7-10)17-9-16-12/h1-7,15H,8-9H2. The van der Waals surface area contributed by atoms with Gasteiger partial charge in [0.25, 0.3) is 0 Å². The lowest BCUT2D eigenvalue weighted by Gasteiger charge is -2.05. The Balaban J connectivity index is 1.72. The van der Waals surface area contributed by atoms with Gasteiger partial charge in [0.05, 0.1) is 0 Å². The number of hydrogen-bond acceptors (Lipinski definition) is 4. The highest BCUT2D eigenvalue weighted by Crippen LogP contribution is 2.35. The minimum absolute atomic E-state index is 0.297. The molecule has 0 saturated heterocycles. The molecule has 92 valence electrons. The first-order valence-corrected chi connectivity index (χ1v) is 6.61. The van der Waals surface area contributed by atoms with E-state index >= 15 is 0 Å². The van der Waals surface area contributed by atoms with E-state index in [4.69, 9.17) is 9.47 Å². The first-order chi connectivity index (χ1) is 8.83. The van der Waals surface area contributed by atoms with Gasteiger partial charge in [0.1, 0.15) is 5.75 Å². The maximum absolute atomic E-state index is 9.68. The van der Waals surface area contributed by atoms with E-state index in [0.717, 1.165) is 27.7 Å². The van der Waals surface area contributed by atoms with Crippen LogP contribution in [0.4, 0.5) is 0 Å². The molecule has 3 nitrogen and oxygen atoms in total. The second-order valence-electron chi connectivity index (χ2n) is 3.94. The summed E-state index contributed by atoms with van der Waals surface area (Å²) in [6.45, 7) is 0.297. The molecule has 0 amide bonds. The minimum Gasteiger partial charge on any atom is -0.507 e. The average molecular weight is 260 g/mol. The summed E-state index contributed by atoms with van der Waals surface area (Å²) in [6, 6.07) is 13.3. The summed E-state index contributed by atoms with van der Waals surface area (Å²) in [5.74, 6) is 2.70. The van der Waals surface area contributed by atoms with E-state index in [9.17, 15) is 5.11 Å². The van der Waals surface area contributed by atoms with Crippen LogP contribution in [0.1, 0.15) is 5.56 Å². The molecule has 0 aromatic heterocycles. The number of para-hydroxylation sites is 1. The summed E-state index contributed by atoms with van der Waals surface area (Å²) >= 11 is 1.60. The van der Waals surface area contributed by atoms with Crippen LogP contribution in [0.2, 0.25) is 0 Å². The Hall–Kier alpha value is -1.81. The van der Waals surface area contributed by atoms with Crippen LogP contribution in [0.3, 0.4) is 0 Å². The van der Waals surface area contributed by atoms with Crippen LogP contribution in [0.15, 0.2) is 47.4 Å². The Morgan fingerprint density at radius 2 is 1.89 bits per heavy atom. The molecule has 0 unspecified atom stereocenters. The van der Waals surface area contributed by atoms with Gasteiger partial charge < -0.3 is 14.6 Å². The maximum atomic E-state index is 9.68. The minimum atomic E-state index is 0.297. The second-order valence-corrected chi connectivity index (χ2v) is 4.96. The Kier molecular flexibility index (Phi) is 3.02. The normalized spacial score (nSPS) is 12.7. The molecule has 2 aromatic carbocycles. The van der Waals surface area contributed by atoms with Crippen LogP contribution in [-0.2, 0) is 5.75 Å². The molecule has 0 bridgehead atoms. The third kappa shape index (κ3) is 2.24. The molecule has 2 aromatic rings. The van der Waals surface area contributed by atoms with Crippen LogP contribution in [0.25, 0.3) is 0 Å². The van der Waals surface area contributed by atoms with Gasteiger partial charge >= 0.3 is 0 Å². The number of phenolic OH excluding ortho intramolecular Hbond substituents is 1. The zero-order valence-electron chi connectivity index (χ0n) is 9.63. The molecule has 0 spiro atoms. The van der Waals surface area contributed by atoms with Gasteiger partial charge in [-0.3, -0.25) is 0 Å². The van der Waals surface area contributed by atoms with E-state index in [1.54, 1.807) is 17.8 Å². The highest BCUT2D eigenvalue weighted by molar-refractivity contribution is 7.98. The summed E-state index contributed by atoms with van der Waals surface area (Å²) < 4.78 is 10.6. The predicted molar refractivity (Wildman–Crippen MR) is 70.2 cm³/mol. The number of thioether (sulfide) groups is 1. The van der Waals surface area contributed by atoms with Gasteiger partial charge in [-0.2, -0.15) is 0 Å². The average Bonchev–Trinajstić information content (AvgIpc) is 2.85. The van der Waals surface area contributed by atoms with Gasteiger partial charge in [-0.15, -0.1) is 11.8 Å². The molecule has 0 radical (unpaired) electrons. The monoisotopic (exact) mass is 260 g/mol. The van der Waals surface area contributed by atoms with Crippen molar-refractivity contribution >= 4 is 11.8 Å². The van der Waals surface area contributed by atoms with Crippen LogP contribution in [0, 0.1) is 0 Å². The lowest BCUT2D eigenvalue weighted by Crippen LogP contribution is -1.92. The third-order valence-electron chi connectivity index (χ3n) is 2.70. The highest BCUT2D eigenvalue weighted by atomic mass is 32.2. The van der Waals surface area contributed by atoms with Crippen molar-refractivity contribution in [3.8, 4) is 17.2 Å². The van der Waals surface area contributed by atoms with E-state index in [1.807, 2.05) is 36.4 Å². The summed E-state index contributed by atoms with van der Waals surface area (Å²) in [6.07, 6.45) is 0. The third-order valence-corrected chi connectivity index (χ3v) is 3.83. The highest BCUT2D eigenvalue weighted by Gasteiger charge is 2.13. The molecule has 1 heterocycles.